The van der Waals surface area contributed by atoms with Crippen molar-refractivity contribution < 1.29 is 13.9 Å². The highest BCUT2D eigenvalue weighted by Gasteiger charge is 2.14. The number of halogens is 1. The van der Waals surface area contributed by atoms with Crippen molar-refractivity contribution in [1.82, 2.24) is 30.8 Å². The fourth-order valence-electron chi connectivity index (χ4n) is 2.08. The van der Waals surface area contributed by atoms with Gasteiger partial charge in [0.2, 0.25) is 0 Å². The summed E-state index contributed by atoms with van der Waals surface area (Å²) in [6, 6.07) is 3.93. The van der Waals surface area contributed by atoms with Crippen molar-refractivity contribution in [3.05, 3.63) is 35.4 Å². The zero-order valence-corrected chi connectivity index (χ0v) is 13.2. The van der Waals surface area contributed by atoms with Crippen molar-refractivity contribution in [2.24, 2.45) is 7.05 Å². The lowest BCUT2D eigenvalue weighted by Crippen LogP contribution is -2.38. The normalized spacial score (nSPS) is 11.8. The van der Waals surface area contributed by atoms with Crippen LogP contribution in [0.15, 0.2) is 18.2 Å². The number of tetrazole rings is 1. The predicted molar refractivity (Wildman–Crippen MR) is 80.4 cm³/mol. The molecule has 1 atom stereocenters. The number of nitrogens with one attached hydrogen (secondary N) is 2. The molecule has 2 amide bonds. The molecular weight excluding hydrogens is 303 g/mol. The summed E-state index contributed by atoms with van der Waals surface area (Å²) in [5, 5.41) is 16.4. The summed E-state index contributed by atoms with van der Waals surface area (Å²) in [5.41, 5.74) is 0.511. The highest BCUT2D eigenvalue weighted by atomic mass is 19.1. The molecule has 0 radical (unpaired) electrons. The fourth-order valence-corrected chi connectivity index (χ4v) is 2.08. The maximum Gasteiger partial charge on any atom is 0.315 e. The lowest BCUT2D eigenvalue weighted by Gasteiger charge is -2.13. The molecule has 2 aromatic rings. The van der Waals surface area contributed by atoms with Gasteiger partial charge < -0.3 is 15.4 Å². The van der Waals surface area contributed by atoms with Gasteiger partial charge in [-0.2, -0.15) is 0 Å². The molecule has 1 aromatic heterocycles. The number of aromatic nitrogens is 4. The van der Waals surface area contributed by atoms with Gasteiger partial charge in [0.1, 0.15) is 11.6 Å². The molecule has 9 heteroatoms. The van der Waals surface area contributed by atoms with E-state index < -0.39 is 0 Å². The maximum atomic E-state index is 13.8. The summed E-state index contributed by atoms with van der Waals surface area (Å²) in [6.07, 6.45) is 0.378. The Morgan fingerprint density at radius 2 is 2.26 bits per heavy atom. The van der Waals surface area contributed by atoms with Crippen LogP contribution >= 0.6 is 0 Å². The van der Waals surface area contributed by atoms with Gasteiger partial charge in [-0.3, -0.25) is 0 Å². The van der Waals surface area contributed by atoms with Gasteiger partial charge >= 0.3 is 6.03 Å². The Kier molecular flexibility index (Phi) is 5.45. The first kappa shape index (κ1) is 16.7. The molecule has 2 N–H and O–H groups in total. The van der Waals surface area contributed by atoms with Crippen LogP contribution in [0, 0.1) is 5.82 Å². The van der Waals surface area contributed by atoms with Crippen LogP contribution in [0.2, 0.25) is 0 Å². The summed E-state index contributed by atoms with van der Waals surface area (Å²) < 4.78 is 20.2. The average Bonchev–Trinajstić information content (AvgIpc) is 2.95. The molecule has 0 saturated heterocycles. The van der Waals surface area contributed by atoms with E-state index in [0.717, 1.165) is 0 Å². The number of aryl methyl sites for hydroxylation is 1. The van der Waals surface area contributed by atoms with Crippen LogP contribution in [0.5, 0.6) is 5.75 Å². The van der Waals surface area contributed by atoms with Crippen molar-refractivity contribution in [3.8, 4) is 5.75 Å². The van der Waals surface area contributed by atoms with Crippen LogP contribution in [0.4, 0.5) is 9.18 Å². The molecule has 1 aromatic carbocycles. The summed E-state index contributed by atoms with van der Waals surface area (Å²) in [6.45, 7) is 2.08. The van der Waals surface area contributed by atoms with Crippen LogP contribution < -0.4 is 15.4 Å². The molecule has 0 unspecified atom stereocenters. The van der Waals surface area contributed by atoms with Crippen molar-refractivity contribution in [1.29, 1.82) is 0 Å². The summed E-state index contributed by atoms with van der Waals surface area (Å²) in [5.74, 6) is 0.648. The van der Waals surface area contributed by atoms with Gasteiger partial charge in [-0.15, -0.1) is 5.10 Å². The fraction of sp³-hybridized carbons (Fsp3) is 0.429. The largest absolute Gasteiger partial charge is 0.497 e. The number of rotatable bonds is 6. The number of nitrogens with zero attached hydrogens (tertiary/aromatic N) is 4. The van der Waals surface area contributed by atoms with Crippen LogP contribution in [0.3, 0.4) is 0 Å². The van der Waals surface area contributed by atoms with Gasteiger partial charge in [0, 0.05) is 19.7 Å². The minimum Gasteiger partial charge on any atom is -0.497 e. The van der Waals surface area contributed by atoms with Gasteiger partial charge in [0.25, 0.3) is 0 Å². The predicted octanol–water partition coefficient (Wildman–Crippen LogP) is 0.961. The first-order valence-corrected chi connectivity index (χ1v) is 7.10. The summed E-state index contributed by atoms with van der Waals surface area (Å²) in [7, 11) is 3.17. The van der Waals surface area contributed by atoms with Gasteiger partial charge in [0.05, 0.1) is 13.2 Å². The van der Waals surface area contributed by atoms with Crippen LogP contribution in [0.1, 0.15) is 24.4 Å². The highest BCUT2D eigenvalue weighted by molar-refractivity contribution is 5.74. The third-order valence-corrected chi connectivity index (χ3v) is 3.33. The second-order valence-electron chi connectivity index (χ2n) is 4.99. The maximum absolute atomic E-state index is 13.8. The Morgan fingerprint density at radius 1 is 1.48 bits per heavy atom. The smallest absolute Gasteiger partial charge is 0.315 e. The molecule has 8 nitrogen and oxygen atoms in total. The van der Waals surface area contributed by atoms with Gasteiger partial charge in [-0.25, -0.2) is 13.9 Å². The number of hydrogen-bond acceptors (Lipinski definition) is 5. The number of carbonyl (C=O) groups excluding carboxylic acids is 1. The average molecular weight is 322 g/mol. The molecule has 0 fully saturated rings. The van der Waals surface area contributed by atoms with Crippen molar-refractivity contribution in [2.45, 2.75) is 19.4 Å². The third kappa shape index (κ3) is 4.38. The monoisotopic (exact) mass is 322 g/mol. The Labute approximate surface area is 133 Å². The first-order valence-electron chi connectivity index (χ1n) is 7.10. The Hall–Kier alpha value is -2.71. The molecule has 0 aliphatic carbocycles. The standard InChI is InChI=1S/C14H19FN6O2/c1-9(13-18-19-20-21(13)2)17-14(22)16-7-6-10-4-5-11(23-3)8-12(10)15/h4-5,8-9H,6-7H2,1-3H3,(H2,16,17,22)/t9-/m1/s1. The lowest BCUT2D eigenvalue weighted by atomic mass is 10.1. The molecular formula is C14H19FN6O2. The van der Waals surface area contributed by atoms with Crippen molar-refractivity contribution in [3.63, 3.8) is 0 Å². The van der Waals surface area contributed by atoms with Crippen molar-refractivity contribution >= 4 is 6.03 Å². The number of ether oxygens (including phenoxy) is 1. The van der Waals surface area contributed by atoms with E-state index in [0.29, 0.717) is 30.1 Å². The zero-order valence-electron chi connectivity index (χ0n) is 13.2. The lowest BCUT2D eigenvalue weighted by molar-refractivity contribution is 0.237. The van der Waals surface area contributed by atoms with E-state index in [1.807, 2.05) is 0 Å². The number of urea groups is 1. The zero-order chi connectivity index (χ0) is 16.8. The van der Waals surface area contributed by atoms with E-state index in [1.54, 1.807) is 26.1 Å². The van der Waals surface area contributed by atoms with Gasteiger partial charge in [-0.1, -0.05) is 6.07 Å². The summed E-state index contributed by atoms with van der Waals surface area (Å²) >= 11 is 0. The van der Waals surface area contributed by atoms with Gasteiger partial charge in [0.15, 0.2) is 5.82 Å². The highest BCUT2D eigenvalue weighted by Crippen LogP contribution is 2.16. The molecule has 0 aliphatic heterocycles. The molecule has 0 aliphatic rings. The SMILES string of the molecule is COc1ccc(CCNC(=O)N[C@H](C)c2nnnn2C)c(F)c1. The minimum absolute atomic E-state index is 0.304. The second kappa shape index (κ2) is 7.52. The Bertz CT molecular complexity index is 675. The van der Waals surface area contributed by atoms with Crippen molar-refractivity contribution in [2.75, 3.05) is 13.7 Å². The second-order valence-corrected chi connectivity index (χ2v) is 4.99. The van der Waals surface area contributed by atoms with Crippen LogP contribution in [0.25, 0.3) is 0 Å². The molecule has 0 bridgehead atoms. The van der Waals surface area contributed by atoms with E-state index in [4.69, 9.17) is 4.74 Å². The molecule has 0 spiro atoms. The molecule has 2 rings (SSSR count). The van der Waals surface area contributed by atoms with Crippen LogP contribution in [-0.2, 0) is 13.5 Å². The molecule has 23 heavy (non-hydrogen) atoms. The van der Waals surface area contributed by atoms with E-state index in [-0.39, 0.29) is 17.9 Å². The van der Waals surface area contributed by atoms with Gasteiger partial charge in [-0.05, 0) is 35.4 Å². The topological polar surface area (TPSA) is 94.0 Å². The minimum atomic E-state index is -0.366. The number of methoxy groups -OCH3 is 1. The molecule has 1 heterocycles. The Morgan fingerprint density at radius 3 is 2.87 bits per heavy atom. The van der Waals surface area contributed by atoms with E-state index in [2.05, 4.69) is 26.2 Å². The summed E-state index contributed by atoms with van der Waals surface area (Å²) in [4.78, 5) is 11.8. The first-order chi connectivity index (χ1) is 11.0. The number of hydrogen-bond donors (Lipinski definition) is 2. The number of amides is 2. The van der Waals surface area contributed by atoms with E-state index in [9.17, 15) is 9.18 Å². The number of benzene rings is 1. The van der Waals surface area contributed by atoms with E-state index in [1.165, 1.54) is 17.9 Å². The van der Waals surface area contributed by atoms with E-state index >= 15 is 0 Å². The van der Waals surface area contributed by atoms with Crippen LogP contribution in [-0.4, -0.2) is 39.9 Å². The molecule has 124 valence electrons. The quantitative estimate of drug-likeness (QED) is 0.826. The third-order valence-electron chi connectivity index (χ3n) is 3.33. The molecule has 0 saturated carbocycles. The number of carbonyl (C=O) groups is 1. The Balaban J connectivity index is 1.80.